The molecule has 0 aliphatic rings. The second-order valence-corrected chi connectivity index (χ2v) is 5.30. The van der Waals surface area contributed by atoms with Crippen LogP contribution in [-0.4, -0.2) is 21.1 Å². The summed E-state index contributed by atoms with van der Waals surface area (Å²) < 4.78 is 0.975. The molecule has 0 saturated carbocycles. The third kappa shape index (κ3) is 2.87. The van der Waals surface area contributed by atoms with Crippen molar-refractivity contribution in [1.82, 2.24) is 15.2 Å². The number of anilines is 1. The predicted molar refractivity (Wildman–Crippen MR) is 77.6 cm³/mol. The van der Waals surface area contributed by atoms with Crippen LogP contribution in [0.25, 0.3) is 0 Å². The Morgan fingerprint density at radius 3 is 2.72 bits per heavy atom. The van der Waals surface area contributed by atoms with Gasteiger partial charge in [0.2, 0.25) is 5.82 Å². The van der Waals surface area contributed by atoms with Crippen molar-refractivity contribution in [3.05, 3.63) is 39.5 Å². The van der Waals surface area contributed by atoms with Crippen molar-refractivity contribution < 1.29 is 4.79 Å². The van der Waals surface area contributed by atoms with Crippen LogP contribution in [0.5, 0.6) is 0 Å². The zero-order valence-electron chi connectivity index (χ0n) is 10.1. The van der Waals surface area contributed by atoms with Gasteiger partial charge in [-0.3, -0.25) is 9.89 Å². The number of rotatable bonds is 3. The highest BCUT2D eigenvalue weighted by Crippen LogP contribution is 2.17. The van der Waals surface area contributed by atoms with E-state index in [1.165, 1.54) is 0 Å². The Morgan fingerprint density at radius 2 is 2.11 bits per heavy atom. The standard InChI is InChI=1S/C12H13IN4O/c1-7(2)10-15-11(17-16-10)12(18)14-9-6-4-3-5-8(9)13/h3-7H,1-2H3,(H,14,18)(H,15,16,17). The van der Waals surface area contributed by atoms with Crippen molar-refractivity contribution in [2.75, 3.05) is 5.32 Å². The lowest BCUT2D eigenvalue weighted by Crippen LogP contribution is -2.14. The summed E-state index contributed by atoms with van der Waals surface area (Å²) in [6.45, 7) is 3.98. The van der Waals surface area contributed by atoms with Crippen LogP contribution in [-0.2, 0) is 0 Å². The van der Waals surface area contributed by atoms with Gasteiger partial charge < -0.3 is 5.32 Å². The van der Waals surface area contributed by atoms with Gasteiger partial charge in [0.15, 0.2) is 0 Å². The van der Waals surface area contributed by atoms with Crippen molar-refractivity contribution in [1.29, 1.82) is 0 Å². The fraction of sp³-hybridized carbons (Fsp3) is 0.250. The SMILES string of the molecule is CC(C)c1nc(C(=O)Nc2ccccc2I)n[nH]1. The van der Waals surface area contributed by atoms with Gasteiger partial charge in [-0.1, -0.05) is 26.0 Å². The first-order valence-electron chi connectivity index (χ1n) is 5.56. The van der Waals surface area contributed by atoms with Crippen LogP contribution in [0.1, 0.15) is 36.2 Å². The predicted octanol–water partition coefficient (Wildman–Crippen LogP) is 2.79. The summed E-state index contributed by atoms with van der Waals surface area (Å²) in [7, 11) is 0. The van der Waals surface area contributed by atoms with Gasteiger partial charge in [0, 0.05) is 9.49 Å². The molecule has 0 atom stereocenters. The average molecular weight is 356 g/mol. The lowest BCUT2D eigenvalue weighted by atomic mass is 10.2. The first-order valence-corrected chi connectivity index (χ1v) is 6.64. The first-order chi connectivity index (χ1) is 8.58. The lowest BCUT2D eigenvalue weighted by Gasteiger charge is -2.04. The Morgan fingerprint density at radius 1 is 1.39 bits per heavy atom. The van der Waals surface area contributed by atoms with Gasteiger partial charge in [-0.15, -0.1) is 5.10 Å². The Kier molecular flexibility index (Phi) is 3.95. The number of carbonyl (C=O) groups excluding carboxylic acids is 1. The highest BCUT2D eigenvalue weighted by Gasteiger charge is 2.14. The molecule has 94 valence electrons. The van der Waals surface area contributed by atoms with Crippen LogP contribution < -0.4 is 5.32 Å². The molecule has 18 heavy (non-hydrogen) atoms. The Labute approximate surface area is 119 Å². The number of H-pyrrole nitrogens is 1. The Balaban J connectivity index is 2.15. The molecular formula is C12H13IN4O. The third-order valence-corrected chi connectivity index (χ3v) is 3.32. The second-order valence-electron chi connectivity index (χ2n) is 4.13. The maximum absolute atomic E-state index is 11.9. The highest BCUT2D eigenvalue weighted by atomic mass is 127. The van der Waals surface area contributed by atoms with E-state index in [-0.39, 0.29) is 17.6 Å². The molecule has 0 fully saturated rings. The third-order valence-electron chi connectivity index (χ3n) is 2.37. The number of aromatic amines is 1. The molecule has 1 aromatic carbocycles. The molecule has 5 nitrogen and oxygen atoms in total. The van der Waals surface area contributed by atoms with Gasteiger partial charge in [-0.25, -0.2) is 4.98 Å². The van der Waals surface area contributed by atoms with E-state index in [0.29, 0.717) is 5.82 Å². The number of para-hydroxylation sites is 1. The summed E-state index contributed by atoms with van der Waals surface area (Å²) in [5.41, 5.74) is 0.763. The molecule has 0 radical (unpaired) electrons. The van der Waals surface area contributed by atoms with E-state index >= 15 is 0 Å². The summed E-state index contributed by atoms with van der Waals surface area (Å²) in [4.78, 5) is 16.1. The van der Waals surface area contributed by atoms with Crippen molar-refractivity contribution in [3.8, 4) is 0 Å². The van der Waals surface area contributed by atoms with Gasteiger partial charge in [0.1, 0.15) is 5.82 Å². The number of amides is 1. The van der Waals surface area contributed by atoms with Crippen LogP contribution in [0.15, 0.2) is 24.3 Å². The number of hydrogen-bond acceptors (Lipinski definition) is 3. The fourth-order valence-corrected chi connectivity index (χ4v) is 1.90. The molecule has 2 N–H and O–H groups in total. The van der Waals surface area contributed by atoms with E-state index in [4.69, 9.17) is 0 Å². The van der Waals surface area contributed by atoms with Crippen molar-refractivity contribution in [2.45, 2.75) is 19.8 Å². The van der Waals surface area contributed by atoms with Gasteiger partial charge in [0.05, 0.1) is 5.69 Å². The molecule has 0 saturated heterocycles. The highest BCUT2D eigenvalue weighted by molar-refractivity contribution is 14.1. The van der Waals surface area contributed by atoms with Gasteiger partial charge >= 0.3 is 0 Å². The second kappa shape index (κ2) is 5.47. The molecule has 0 aliphatic heterocycles. The maximum Gasteiger partial charge on any atom is 0.295 e. The molecule has 0 aliphatic carbocycles. The number of hydrogen-bond donors (Lipinski definition) is 2. The van der Waals surface area contributed by atoms with Gasteiger partial charge in [-0.2, -0.15) is 0 Å². The summed E-state index contributed by atoms with van der Waals surface area (Å²) in [6, 6.07) is 7.56. The largest absolute Gasteiger partial charge is 0.318 e. The summed E-state index contributed by atoms with van der Waals surface area (Å²) in [5, 5.41) is 9.46. The molecule has 1 aromatic heterocycles. The fourth-order valence-electron chi connectivity index (χ4n) is 1.37. The monoisotopic (exact) mass is 356 g/mol. The van der Waals surface area contributed by atoms with E-state index < -0.39 is 0 Å². The van der Waals surface area contributed by atoms with Crippen molar-refractivity contribution in [2.24, 2.45) is 0 Å². The Bertz CT molecular complexity index is 565. The number of benzene rings is 1. The zero-order chi connectivity index (χ0) is 13.1. The van der Waals surface area contributed by atoms with E-state index in [0.717, 1.165) is 9.26 Å². The van der Waals surface area contributed by atoms with Crippen LogP contribution in [0, 0.1) is 3.57 Å². The number of aromatic nitrogens is 3. The molecule has 0 bridgehead atoms. The van der Waals surface area contributed by atoms with Crippen LogP contribution in [0.4, 0.5) is 5.69 Å². The number of carbonyl (C=O) groups is 1. The quantitative estimate of drug-likeness (QED) is 0.831. The zero-order valence-corrected chi connectivity index (χ0v) is 12.2. The van der Waals surface area contributed by atoms with Crippen molar-refractivity contribution >= 4 is 34.2 Å². The van der Waals surface area contributed by atoms with Gasteiger partial charge in [0.25, 0.3) is 5.91 Å². The molecule has 2 aromatic rings. The van der Waals surface area contributed by atoms with Crippen LogP contribution >= 0.6 is 22.6 Å². The minimum atomic E-state index is -0.303. The summed E-state index contributed by atoms with van der Waals surface area (Å²) in [5.74, 6) is 0.791. The minimum Gasteiger partial charge on any atom is -0.318 e. The smallest absolute Gasteiger partial charge is 0.295 e. The molecule has 0 spiro atoms. The summed E-state index contributed by atoms with van der Waals surface area (Å²) >= 11 is 2.17. The number of nitrogens with zero attached hydrogens (tertiary/aromatic N) is 2. The average Bonchev–Trinajstić information content (AvgIpc) is 2.81. The van der Waals surface area contributed by atoms with E-state index in [1.54, 1.807) is 0 Å². The van der Waals surface area contributed by atoms with Gasteiger partial charge in [-0.05, 0) is 34.7 Å². The van der Waals surface area contributed by atoms with Crippen LogP contribution in [0.2, 0.25) is 0 Å². The van der Waals surface area contributed by atoms with E-state index in [1.807, 2.05) is 38.1 Å². The molecule has 6 heteroatoms. The van der Waals surface area contributed by atoms with E-state index in [2.05, 4.69) is 43.1 Å². The maximum atomic E-state index is 11.9. The topological polar surface area (TPSA) is 70.7 Å². The number of nitrogens with one attached hydrogen (secondary N) is 2. The molecule has 1 heterocycles. The molecule has 2 rings (SSSR count). The van der Waals surface area contributed by atoms with Crippen molar-refractivity contribution in [3.63, 3.8) is 0 Å². The van der Waals surface area contributed by atoms with E-state index in [9.17, 15) is 4.79 Å². The number of halogens is 1. The Hall–Kier alpha value is -1.44. The first kappa shape index (κ1) is 13.0. The minimum absolute atomic E-state index is 0.165. The normalized spacial score (nSPS) is 10.7. The molecule has 1 amide bonds. The molecular weight excluding hydrogens is 343 g/mol. The summed E-state index contributed by atoms with van der Waals surface area (Å²) in [6.07, 6.45) is 0. The van der Waals surface area contributed by atoms with Crippen LogP contribution in [0.3, 0.4) is 0 Å². The lowest BCUT2D eigenvalue weighted by molar-refractivity contribution is 0.101. The molecule has 0 unspecified atom stereocenters.